The number of aromatic nitrogens is 2. The molecule has 29 heavy (non-hydrogen) atoms. The molecule has 9 heteroatoms. The zero-order valence-corrected chi connectivity index (χ0v) is 16.2. The van der Waals surface area contributed by atoms with E-state index in [4.69, 9.17) is 17.3 Å². The number of pyridine rings is 2. The summed E-state index contributed by atoms with van der Waals surface area (Å²) in [5, 5.41) is 9.02. The molecule has 2 aromatic heterocycles. The van der Waals surface area contributed by atoms with E-state index in [0.717, 1.165) is 0 Å². The number of hydrogen-bond acceptors (Lipinski definition) is 5. The van der Waals surface area contributed by atoms with E-state index in [9.17, 15) is 9.18 Å². The van der Waals surface area contributed by atoms with Crippen molar-refractivity contribution in [3.05, 3.63) is 65.6 Å². The molecule has 0 spiro atoms. The van der Waals surface area contributed by atoms with E-state index in [1.165, 1.54) is 24.4 Å². The number of anilines is 4. The number of amides is 2. The van der Waals surface area contributed by atoms with Crippen molar-refractivity contribution in [2.45, 2.75) is 0 Å². The number of hydrogen-bond donors (Lipinski definition) is 4. The lowest BCUT2D eigenvalue weighted by Gasteiger charge is -2.16. The molecule has 0 bridgehead atoms. The van der Waals surface area contributed by atoms with Crippen LogP contribution in [0.4, 0.5) is 32.2 Å². The highest BCUT2D eigenvalue weighted by Gasteiger charge is 2.15. The third kappa shape index (κ3) is 4.61. The van der Waals surface area contributed by atoms with E-state index < -0.39 is 11.8 Å². The second-order valence-corrected chi connectivity index (χ2v) is 6.38. The highest BCUT2D eigenvalue weighted by Crippen LogP contribution is 2.34. The Bertz CT molecular complexity index is 1090. The average molecular weight is 413 g/mol. The van der Waals surface area contributed by atoms with E-state index in [1.54, 1.807) is 31.3 Å². The van der Waals surface area contributed by atoms with Gasteiger partial charge < -0.3 is 16.4 Å². The Morgan fingerprint density at radius 2 is 2.07 bits per heavy atom. The number of carbonyl (C=O) groups excluding carboxylic acids is 1. The summed E-state index contributed by atoms with van der Waals surface area (Å²) < 4.78 is 14.4. The quantitative estimate of drug-likeness (QED) is 0.463. The minimum atomic E-state index is -0.721. The summed E-state index contributed by atoms with van der Waals surface area (Å²) in [7, 11) is 1.71. The fourth-order valence-corrected chi connectivity index (χ4v) is 2.92. The maximum atomic E-state index is 14.4. The number of carbonyl (C=O) groups is 1. The van der Waals surface area contributed by atoms with Crippen LogP contribution in [-0.4, -0.2) is 23.0 Å². The second-order valence-electron chi connectivity index (χ2n) is 5.94. The topological polar surface area (TPSA) is 105 Å². The highest BCUT2D eigenvalue weighted by atomic mass is 35.5. The summed E-state index contributed by atoms with van der Waals surface area (Å²) in [6.45, 7) is 3.83. The Labute approximate surface area is 171 Å². The minimum absolute atomic E-state index is 0.262. The summed E-state index contributed by atoms with van der Waals surface area (Å²) in [4.78, 5) is 19.6. The van der Waals surface area contributed by atoms with Crippen molar-refractivity contribution in [1.82, 2.24) is 9.97 Å². The van der Waals surface area contributed by atoms with Gasteiger partial charge >= 0.3 is 6.03 Å². The van der Waals surface area contributed by atoms with Crippen molar-refractivity contribution in [2.75, 3.05) is 23.0 Å². The van der Waals surface area contributed by atoms with Crippen LogP contribution in [0.15, 0.2) is 49.2 Å². The minimum Gasteiger partial charge on any atom is -0.373 e. The number of nitrogens with zero attached hydrogens (tertiary/aromatic N) is 2. The van der Waals surface area contributed by atoms with E-state index in [2.05, 4.69) is 32.5 Å². The predicted molar refractivity (Wildman–Crippen MR) is 115 cm³/mol. The molecule has 1 aromatic carbocycles. The Kier molecular flexibility index (Phi) is 5.94. The number of halogens is 2. The third-order valence-corrected chi connectivity index (χ3v) is 4.23. The summed E-state index contributed by atoms with van der Waals surface area (Å²) >= 11 is 6.03. The monoisotopic (exact) mass is 412 g/mol. The Balaban J connectivity index is 2.09. The molecule has 2 heterocycles. The van der Waals surface area contributed by atoms with E-state index in [-0.39, 0.29) is 11.4 Å². The van der Waals surface area contributed by atoms with E-state index in [1.807, 2.05) is 0 Å². The van der Waals surface area contributed by atoms with E-state index >= 15 is 0 Å². The van der Waals surface area contributed by atoms with Gasteiger partial charge in [0.2, 0.25) is 0 Å². The number of rotatable bonds is 6. The molecule has 0 aliphatic rings. The summed E-state index contributed by atoms with van der Waals surface area (Å²) in [5.74, 6) is 0.341. The molecule has 3 aromatic rings. The van der Waals surface area contributed by atoms with Gasteiger partial charge in [-0.15, -0.1) is 0 Å². The van der Waals surface area contributed by atoms with Crippen molar-refractivity contribution in [1.29, 1.82) is 0 Å². The van der Waals surface area contributed by atoms with Crippen LogP contribution >= 0.6 is 11.6 Å². The van der Waals surface area contributed by atoms with Gasteiger partial charge in [-0.25, -0.2) is 19.2 Å². The molecule has 0 aliphatic heterocycles. The normalized spacial score (nSPS) is 10.3. The van der Waals surface area contributed by atoms with Gasteiger partial charge in [-0.1, -0.05) is 24.3 Å². The molecule has 0 unspecified atom stereocenters. The molecular formula is C20H18ClFN6O. The molecule has 5 N–H and O–H groups in total. The summed E-state index contributed by atoms with van der Waals surface area (Å²) in [6, 6.07) is 8.56. The maximum Gasteiger partial charge on any atom is 0.317 e. The van der Waals surface area contributed by atoms with Gasteiger partial charge in [-0.05, 0) is 30.3 Å². The van der Waals surface area contributed by atoms with Gasteiger partial charge in [-0.3, -0.25) is 5.32 Å². The van der Waals surface area contributed by atoms with Crippen molar-refractivity contribution in [2.24, 2.45) is 5.73 Å². The smallest absolute Gasteiger partial charge is 0.317 e. The Morgan fingerprint density at radius 3 is 2.76 bits per heavy atom. The first-order valence-electron chi connectivity index (χ1n) is 8.51. The zero-order valence-electron chi connectivity index (χ0n) is 15.5. The van der Waals surface area contributed by atoms with Crippen molar-refractivity contribution in [3.8, 4) is 11.3 Å². The van der Waals surface area contributed by atoms with Crippen LogP contribution in [-0.2, 0) is 0 Å². The SMILES string of the molecule is C=Cc1c(Nc2ccnc(NC(N)=O)c2)cc(-c2cc(Cl)ccc2F)nc1NC. The molecule has 0 radical (unpaired) electrons. The van der Waals surface area contributed by atoms with E-state index in [0.29, 0.717) is 33.5 Å². The lowest BCUT2D eigenvalue weighted by atomic mass is 10.1. The summed E-state index contributed by atoms with van der Waals surface area (Å²) in [6.07, 6.45) is 3.14. The third-order valence-electron chi connectivity index (χ3n) is 3.99. The molecule has 0 fully saturated rings. The van der Waals surface area contributed by atoms with Crippen molar-refractivity contribution < 1.29 is 9.18 Å². The highest BCUT2D eigenvalue weighted by molar-refractivity contribution is 6.30. The average Bonchev–Trinajstić information content (AvgIpc) is 2.69. The number of nitrogens with one attached hydrogen (secondary N) is 3. The lowest BCUT2D eigenvalue weighted by Crippen LogP contribution is -2.19. The van der Waals surface area contributed by atoms with Gasteiger partial charge in [0, 0.05) is 41.1 Å². The fraction of sp³-hybridized carbons (Fsp3) is 0.0500. The Hall–Kier alpha value is -3.65. The van der Waals surface area contributed by atoms with Crippen LogP contribution in [0.3, 0.4) is 0 Å². The predicted octanol–water partition coefficient (Wildman–Crippen LogP) is 4.86. The van der Waals surface area contributed by atoms with Gasteiger partial charge in [0.1, 0.15) is 17.5 Å². The maximum absolute atomic E-state index is 14.4. The molecule has 0 saturated heterocycles. The molecule has 148 valence electrons. The van der Waals surface area contributed by atoms with Gasteiger partial charge in [-0.2, -0.15) is 0 Å². The number of primary amides is 1. The van der Waals surface area contributed by atoms with Crippen LogP contribution in [0.5, 0.6) is 0 Å². The van der Waals surface area contributed by atoms with Gasteiger partial charge in [0.15, 0.2) is 0 Å². The molecule has 0 atom stereocenters. The van der Waals surface area contributed by atoms with Crippen LogP contribution in [0.1, 0.15) is 5.56 Å². The second kappa shape index (κ2) is 8.57. The molecule has 0 aliphatic carbocycles. The first-order valence-corrected chi connectivity index (χ1v) is 8.89. The number of benzene rings is 1. The van der Waals surface area contributed by atoms with Gasteiger partial charge in [0.25, 0.3) is 0 Å². The molecule has 0 saturated carbocycles. The van der Waals surface area contributed by atoms with Crippen LogP contribution in [0.25, 0.3) is 17.3 Å². The first kappa shape index (κ1) is 20.1. The zero-order chi connectivity index (χ0) is 21.0. The Morgan fingerprint density at radius 1 is 1.28 bits per heavy atom. The summed E-state index contributed by atoms with van der Waals surface area (Å²) in [5.41, 5.74) is 7.70. The molecule has 7 nitrogen and oxygen atoms in total. The fourth-order valence-electron chi connectivity index (χ4n) is 2.75. The molecule has 2 amide bonds. The molecule has 3 rings (SSSR count). The van der Waals surface area contributed by atoms with Gasteiger partial charge in [0.05, 0.1) is 11.4 Å². The lowest BCUT2D eigenvalue weighted by molar-refractivity contribution is 0.259. The van der Waals surface area contributed by atoms with Crippen LogP contribution in [0.2, 0.25) is 5.02 Å². The first-order chi connectivity index (χ1) is 13.9. The van der Waals surface area contributed by atoms with Crippen LogP contribution < -0.4 is 21.7 Å². The largest absolute Gasteiger partial charge is 0.373 e. The van der Waals surface area contributed by atoms with Crippen molar-refractivity contribution >= 4 is 46.7 Å². The number of nitrogens with two attached hydrogens (primary N) is 1. The number of urea groups is 1. The molecular weight excluding hydrogens is 395 g/mol. The van der Waals surface area contributed by atoms with Crippen LogP contribution in [0, 0.1) is 5.82 Å². The standard InChI is InChI=1S/C20H18ClFN6O/c1-3-13-16(26-12-6-7-25-18(9-12)28-20(23)29)10-17(27-19(13)24-2)14-8-11(21)4-5-15(14)22/h3-10H,1H2,2H3,(H5,23,24,25,26,27,28,29). The van der Waals surface area contributed by atoms with Crippen molar-refractivity contribution in [3.63, 3.8) is 0 Å².